The van der Waals surface area contributed by atoms with Crippen LogP contribution in [0.15, 0.2) is 29.2 Å². The van der Waals surface area contributed by atoms with Crippen LogP contribution in [0.1, 0.15) is 13.8 Å². The van der Waals surface area contributed by atoms with Gasteiger partial charge in [0.05, 0.1) is 23.1 Å². The third-order valence-electron chi connectivity index (χ3n) is 2.15. The number of sulfone groups is 1. The van der Waals surface area contributed by atoms with Crippen LogP contribution in [-0.4, -0.2) is 27.1 Å². The average molecular weight is 327 g/mol. The Kier molecular flexibility index (Phi) is 6.02. The minimum atomic E-state index is -3.84. The van der Waals surface area contributed by atoms with Gasteiger partial charge in [0, 0.05) is 0 Å². The molecule has 0 aliphatic heterocycles. The number of benzene rings is 1. The fourth-order valence-corrected chi connectivity index (χ4v) is 6.30. The van der Waals surface area contributed by atoms with Crippen molar-refractivity contribution < 1.29 is 22.0 Å². The van der Waals surface area contributed by atoms with Gasteiger partial charge in [0.1, 0.15) is 0 Å². The quantitative estimate of drug-likeness (QED) is 0.719. The van der Waals surface area contributed by atoms with Crippen LogP contribution in [0.3, 0.4) is 0 Å². The Morgan fingerprint density at radius 3 is 2.16 bits per heavy atom. The molecule has 0 saturated heterocycles. The minimum Gasteiger partial charge on any atom is -0.308 e. The lowest BCUT2D eigenvalue weighted by atomic mass is 10.4. The molecule has 0 spiro atoms. The minimum absolute atomic E-state index is 0.0729. The highest BCUT2D eigenvalue weighted by molar-refractivity contribution is 7.97. The summed E-state index contributed by atoms with van der Waals surface area (Å²) in [5.41, 5.74) is -0.717. The van der Waals surface area contributed by atoms with Crippen molar-refractivity contribution in [2.75, 3.05) is 18.7 Å². The number of rotatable bonds is 7. The lowest BCUT2D eigenvalue weighted by Crippen LogP contribution is -2.11. The van der Waals surface area contributed by atoms with Gasteiger partial charge in [-0.25, -0.2) is 8.42 Å². The van der Waals surface area contributed by atoms with Crippen LogP contribution in [-0.2, 0) is 23.4 Å². The van der Waals surface area contributed by atoms with Gasteiger partial charge in [0.25, 0.3) is 0 Å². The van der Waals surface area contributed by atoms with Crippen molar-refractivity contribution >= 4 is 29.0 Å². The van der Waals surface area contributed by atoms with Crippen LogP contribution in [0.5, 0.6) is 0 Å². The zero-order valence-corrected chi connectivity index (χ0v) is 13.2. The Hall–Kier alpha value is -0.390. The normalized spacial score (nSPS) is 12.6. The largest absolute Gasteiger partial charge is 0.346 e. The highest BCUT2D eigenvalue weighted by Crippen LogP contribution is 2.50. The van der Waals surface area contributed by atoms with Gasteiger partial charge >= 0.3 is 7.60 Å². The molecule has 0 N–H and O–H groups in total. The third kappa shape index (κ3) is 4.58. The first-order chi connectivity index (χ1) is 8.84. The Bertz CT molecular complexity index is 562. The molecule has 1 aromatic carbocycles. The van der Waals surface area contributed by atoms with E-state index in [1.165, 1.54) is 12.1 Å². The Labute approximate surface area is 118 Å². The van der Waals surface area contributed by atoms with Crippen molar-refractivity contribution in [3.63, 3.8) is 0 Å². The molecular weight excluding hydrogens is 311 g/mol. The van der Waals surface area contributed by atoms with Crippen molar-refractivity contribution in [1.82, 2.24) is 0 Å². The van der Waals surface area contributed by atoms with Gasteiger partial charge in [-0.2, -0.15) is 0 Å². The second-order valence-electron chi connectivity index (χ2n) is 3.62. The van der Waals surface area contributed by atoms with E-state index < -0.39 is 22.9 Å². The van der Waals surface area contributed by atoms with Crippen LogP contribution in [0, 0.1) is 0 Å². The van der Waals surface area contributed by atoms with Gasteiger partial charge in [0.2, 0.25) is 0 Å². The molecule has 0 atom stereocenters. The maximum atomic E-state index is 12.2. The van der Waals surface area contributed by atoms with E-state index in [9.17, 15) is 13.0 Å². The van der Waals surface area contributed by atoms with E-state index in [0.717, 1.165) is 0 Å². The predicted molar refractivity (Wildman–Crippen MR) is 74.4 cm³/mol. The predicted octanol–water partition coefficient (Wildman–Crippen LogP) is 3.34. The van der Waals surface area contributed by atoms with Crippen molar-refractivity contribution in [3.8, 4) is 0 Å². The number of halogens is 1. The Morgan fingerprint density at radius 2 is 1.68 bits per heavy atom. The first kappa shape index (κ1) is 16.7. The van der Waals surface area contributed by atoms with E-state index in [1.54, 1.807) is 26.0 Å². The highest BCUT2D eigenvalue weighted by Gasteiger charge is 2.33. The molecule has 5 nitrogen and oxygen atoms in total. The van der Waals surface area contributed by atoms with Gasteiger partial charge in [-0.3, -0.25) is 4.57 Å². The molecule has 0 fully saturated rings. The van der Waals surface area contributed by atoms with Crippen LogP contribution >= 0.6 is 19.2 Å². The zero-order chi connectivity index (χ0) is 14.5. The fourth-order valence-electron chi connectivity index (χ4n) is 1.48. The van der Waals surface area contributed by atoms with Crippen molar-refractivity contribution in [2.45, 2.75) is 18.7 Å². The molecule has 0 aliphatic rings. The van der Waals surface area contributed by atoms with Crippen molar-refractivity contribution in [2.24, 2.45) is 0 Å². The van der Waals surface area contributed by atoms with E-state index in [0.29, 0.717) is 0 Å². The standard InChI is InChI=1S/C11H16ClO5PS/c1-3-16-18(13,17-4-2)9-19(14,15)11-8-6-5-7-10(11)12/h5-8H,3-4,9H2,1-2H3. The monoisotopic (exact) mass is 326 g/mol. The first-order valence-electron chi connectivity index (χ1n) is 5.70. The SMILES string of the molecule is CCOP(=O)(CS(=O)(=O)c1ccccc1Cl)OCC. The first-order valence-corrected chi connectivity index (χ1v) is 9.46. The third-order valence-corrected chi connectivity index (χ3v) is 7.55. The summed E-state index contributed by atoms with van der Waals surface area (Å²) in [6.07, 6.45) is 0. The molecule has 0 aromatic heterocycles. The molecular formula is C11H16ClO5PS. The summed E-state index contributed by atoms with van der Waals surface area (Å²) in [5, 5.41) is 0.0852. The summed E-state index contributed by atoms with van der Waals surface area (Å²) in [7, 11) is -7.51. The molecule has 0 bridgehead atoms. The number of hydrogen-bond acceptors (Lipinski definition) is 5. The number of hydrogen-bond donors (Lipinski definition) is 0. The smallest absolute Gasteiger partial charge is 0.308 e. The Morgan fingerprint density at radius 1 is 1.16 bits per heavy atom. The molecule has 19 heavy (non-hydrogen) atoms. The van der Waals surface area contributed by atoms with E-state index in [4.69, 9.17) is 20.6 Å². The van der Waals surface area contributed by atoms with Gasteiger partial charge < -0.3 is 9.05 Å². The summed E-state index contributed by atoms with van der Waals surface area (Å²) < 4.78 is 46.6. The molecule has 8 heteroatoms. The Balaban J connectivity index is 3.08. The maximum Gasteiger partial charge on any atom is 0.346 e. The summed E-state index contributed by atoms with van der Waals surface area (Å²) >= 11 is 5.84. The van der Waals surface area contributed by atoms with Gasteiger partial charge in [0.15, 0.2) is 15.3 Å². The van der Waals surface area contributed by atoms with Crippen LogP contribution in [0.4, 0.5) is 0 Å². The van der Waals surface area contributed by atoms with Crippen LogP contribution in [0.25, 0.3) is 0 Å². The maximum absolute atomic E-state index is 12.2. The van der Waals surface area contributed by atoms with Crippen LogP contribution in [0.2, 0.25) is 5.02 Å². The molecule has 0 radical (unpaired) electrons. The summed E-state index contributed by atoms with van der Waals surface area (Å²) in [4.78, 5) is -0.0729. The second kappa shape index (κ2) is 6.86. The molecule has 1 rings (SSSR count). The van der Waals surface area contributed by atoms with Gasteiger partial charge in [-0.15, -0.1) is 0 Å². The van der Waals surface area contributed by atoms with Crippen molar-refractivity contribution in [1.29, 1.82) is 0 Å². The zero-order valence-electron chi connectivity index (χ0n) is 10.7. The van der Waals surface area contributed by atoms with E-state index >= 15 is 0 Å². The lowest BCUT2D eigenvalue weighted by Gasteiger charge is -2.17. The summed E-state index contributed by atoms with van der Waals surface area (Å²) in [6, 6.07) is 5.98. The lowest BCUT2D eigenvalue weighted by molar-refractivity contribution is 0.224. The van der Waals surface area contributed by atoms with E-state index in [-0.39, 0.29) is 23.1 Å². The molecule has 0 unspecified atom stereocenters. The molecule has 0 heterocycles. The molecule has 108 valence electrons. The van der Waals surface area contributed by atoms with Crippen molar-refractivity contribution in [3.05, 3.63) is 29.3 Å². The molecule has 0 aliphatic carbocycles. The molecule has 1 aromatic rings. The second-order valence-corrected chi connectivity index (χ2v) is 8.47. The summed E-state index contributed by atoms with van der Waals surface area (Å²) in [5.74, 6) is 0. The van der Waals surface area contributed by atoms with Crippen LogP contribution < -0.4 is 0 Å². The molecule has 0 amide bonds. The summed E-state index contributed by atoms with van der Waals surface area (Å²) in [6.45, 7) is 3.45. The van der Waals surface area contributed by atoms with E-state index in [2.05, 4.69) is 0 Å². The van der Waals surface area contributed by atoms with Gasteiger partial charge in [-0.05, 0) is 26.0 Å². The van der Waals surface area contributed by atoms with Gasteiger partial charge in [-0.1, -0.05) is 23.7 Å². The fraction of sp³-hybridized carbons (Fsp3) is 0.455. The average Bonchev–Trinajstić information content (AvgIpc) is 2.28. The molecule has 0 saturated carbocycles. The topological polar surface area (TPSA) is 69.7 Å². The highest BCUT2D eigenvalue weighted by atomic mass is 35.5. The van der Waals surface area contributed by atoms with E-state index in [1.807, 2.05) is 0 Å².